The number of benzene rings is 1. The molecule has 1 aromatic carbocycles. The van der Waals surface area contributed by atoms with E-state index in [9.17, 15) is 0 Å². The van der Waals surface area contributed by atoms with Gasteiger partial charge in [0.15, 0.2) is 11.8 Å². The van der Waals surface area contributed by atoms with Crippen molar-refractivity contribution in [2.45, 2.75) is 59.5 Å². The van der Waals surface area contributed by atoms with Crippen LogP contribution in [0.25, 0.3) is 11.4 Å². The summed E-state index contributed by atoms with van der Waals surface area (Å²) in [6.45, 7) is 9.08. The van der Waals surface area contributed by atoms with Crippen LogP contribution in [-0.2, 0) is 6.54 Å². The Labute approximate surface area is 173 Å². The number of aromatic nitrogens is 3. The van der Waals surface area contributed by atoms with Gasteiger partial charge < -0.3 is 11.1 Å². The highest BCUT2D eigenvalue weighted by Crippen LogP contribution is 2.16. The first-order valence-corrected chi connectivity index (χ1v) is 8.99. The Bertz CT molecular complexity index is 695. The van der Waals surface area contributed by atoms with Crippen LogP contribution in [0.4, 0.5) is 0 Å². The molecule has 2 aromatic rings. The summed E-state index contributed by atoms with van der Waals surface area (Å²) in [5.41, 5.74) is 8.07. The Morgan fingerprint density at radius 2 is 2.04 bits per heavy atom. The molecule has 1 aromatic heterocycles. The lowest BCUT2D eigenvalue weighted by atomic mass is 10.0. The highest BCUT2D eigenvalue weighted by molar-refractivity contribution is 14.0. The Kier molecular flexibility index (Phi) is 9.61. The summed E-state index contributed by atoms with van der Waals surface area (Å²) < 4.78 is 0. The summed E-state index contributed by atoms with van der Waals surface area (Å²) in [6.07, 6.45) is 3.56. The molecule has 7 heteroatoms. The number of aliphatic imine (C=N–C) groups is 1. The minimum atomic E-state index is 0. The number of hydrogen-bond donors (Lipinski definition) is 3. The van der Waals surface area contributed by atoms with Crippen LogP contribution < -0.4 is 11.1 Å². The molecule has 6 nitrogen and oxygen atoms in total. The maximum atomic E-state index is 6.02. The molecular formula is C19H31IN6. The maximum absolute atomic E-state index is 6.02. The molecule has 0 radical (unpaired) electrons. The molecule has 0 aliphatic rings. The van der Waals surface area contributed by atoms with Gasteiger partial charge in [0, 0.05) is 11.6 Å². The molecule has 0 aliphatic heterocycles. The lowest BCUT2D eigenvalue weighted by molar-refractivity contribution is 0.493. The standard InChI is InChI=1S/C19H30N6.HI/c1-13(2)7-5-8-14(3)22-19(20)21-12-16-9-6-10-17(11-16)18-23-15(4)24-25-18;/h6,9-11,13-14H,5,7-8,12H2,1-4H3,(H3,20,21,22)(H,23,24,25);1H. The largest absolute Gasteiger partial charge is 0.370 e. The molecule has 4 N–H and O–H groups in total. The molecule has 144 valence electrons. The van der Waals surface area contributed by atoms with E-state index in [2.05, 4.69) is 46.3 Å². The molecule has 26 heavy (non-hydrogen) atoms. The van der Waals surface area contributed by atoms with Crippen molar-refractivity contribution in [3.8, 4) is 11.4 Å². The van der Waals surface area contributed by atoms with Crippen molar-refractivity contribution < 1.29 is 0 Å². The SMILES string of the molecule is Cc1nc(-c2cccc(CN=C(N)NC(C)CCCC(C)C)c2)n[nH]1.I. The van der Waals surface area contributed by atoms with Crippen molar-refractivity contribution in [3.05, 3.63) is 35.7 Å². The minimum absolute atomic E-state index is 0. The van der Waals surface area contributed by atoms with Gasteiger partial charge in [-0.2, -0.15) is 5.10 Å². The van der Waals surface area contributed by atoms with Crippen molar-refractivity contribution >= 4 is 29.9 Å². The number of nitrogens with two attached hydrogens (primary N) is 1. The third kappa shape index (κ3) is 7.72. The van der Waals surface area contributed by atoms with Crippen LogP contribution in [0.1, 0.15) is 51.4 Å². The van der Waals surface area contributed by atoms with Crippen LogP contribution in [0.5, 0.6) is 0 Å². The highest BCUT2D eigenvalue weighted by Gasteiger charge is 2.06. The van der Waals surface area contributed by atoms with Crippen molar-refractivity contribution in [1.82, 2.24) is 20.5 Å². The normalized spacial score (nSPS) is 12.7. The fraction of sp³-hybridized carbons (Fsp3) is 0.526. The smallest absolute Gasteiger partial charge is 0.189 e. The van der Waals surface area contributed by atoms with Crippen LogP contribution in [0.2, 0.25) is 0 Å². The number of rotatable bonds is 8. The summed E-state index contributed by atoms with van der Waals surface area (Å²) >= 11 is 0. The van der Waals surface area contributed by atoms with Gasteiger partial charge in [0.1, 0.15) is 5.82 Å². The van der Waals surface area contributed by atoms with E-state index >= 15 is 0 Å². The second kappa shape index (κ2) is 11.2. The molecule has 0 amide bonds. The van der Waals surface area contributed by atoms with Crippen LogP contribution in [0.3, 0.4) is 0 Å². The minimum Gasteiger partial charge on any atom is -0.370 e. The van der Waals surface area contributed by atoms with Crippen molar-refractivity contribution in [3.63, 3.8) is 0 Å². The second-order valence-corrected chi connectivity index (χ2v) is 7.02. The molecule has 1 unspecified atom stereocenters. The second-order valence-electron chi connectivity index (χ2n) is 7.02. The quantitative estimate of drug-likeness (QED) is 0.309. The lowest BCUT2D eigenvalue weighted by Crippen LogP contribution is -2.38. The number of H-pyrrole nitrogens is 1. The van der Waals surface area contributed by atoms with Gasteiger partial charge in [0.25, 0.3) is 0 Å². The first-order valence-electron chi connectivity index (χ1n) is 8.99. The maximum Gasteiger partial charge on any atom is 0.189 e. The molecule has 1 heterocycles. The van der Waals surface area contributed by atoms with Crippen LogP contribution in [0, 0.1) is 12.8 Å². The zero-order valence-electron chi connectivity index (χ0n) is 16.1. The Morgan fingerprint density at radius 1 is 1.27 bits per heavy atom. The number of halogens is 1. The molecule has 0 aliphatic carbocycles. The summed E-state index contributed by atoms with van der Waals surface area (Å²) in [6, 6.07) is 8.40. The number of nitrogens with zero attached hydrogens (tertiary/aromatic N) is 3. The molecule has 2 rings (SSSR count). The summed E-state index contributed by atoms with van der Waals surface area (Å²) in [5, 5.41) is 10.3. The van der Waals surface area contributed by atoms with E-state index in [1.54, 1.807) is 0 Å². The number of aryl methyl sites for hydroxylation is 1. The van der Waals surface area contributed by atoms with Crippen molar-refractivity contribution in [2.75, 3.05) is 0 Å². The average molecular weight is 470 g/mol. The topological polar surface area (TPSA) is 92.0 Å². The number of aromatic amines is 1. The Balaban J connectivity index is 0.00000338. The van der Waals surface area contributed by atoms with Gasteiger partial charge in [-0.3, -0.25) is 5.10 Å². The number of nitrogens with one attached hydrogen (secondary N) is 2. The van der Waals surface area contributed by atoms with E-state index in [0.29, 0.717) is 24.4 Å². The van der Waals surface area contributed by atoms with Gasteiger partial charge in [-0.25, -0.2) is 9.98 Å². The monoisotopic (exact) mass is 470 g/mol. The van der Waals surface area contributed by atoms with Crippen LogP contribution >= 0.6 is 24.0 Å². The predicted molar refractivity (Wildman–Crippen MR) is 119 cm³/mol. The van der Waals surface area contributed by atoms with E-state index < -0.39 is 0 Å². The van der Waals surface area contributed by atoms with E-state index in [4.69, 9.17) is 5.73 Å². The number of hydrogen-bond acceptors (Lipinski definition) is 3. The molecule has 0 saturated carbocycles. The van der Waals surface area contributed by atoms with E-state index in [-0.39, 0.29) is 24.0 Å². The van der Waals surface area contributed by atoms with Gasteiger partial charge in [0.05, 0.1) is 6.54 Å². The highest BCUT2D eigenvalue weighted by atomic mass is 127. The van der Waals surface area contributed by atoms with Crippen LogP contribution in [0.15, 0.2) is 29.3 Å². The Hall–Kier alpha value is -1.64. The fourth-order valence-corrected chi connectivity index (χ4v) is 2.66. The van der Waals surface area contributed by atoms with Crippen LogP contribution in [-0.4, -0.2) is 27.2 Å². The fourth-order valence-electron chi connectivity index (χ4n) is 2.66. The van der Waals surface area contributed by atoms with Crippen molar-refractivity contribution in [1.29, 1.82) is 0 Å². The van der Waals surface area contributed by atoms with Gasteiger partial charge >= 0.3 is 0 Å². The summed E-state index contributed by atoms with van der Waals surface area (Å²) in [7, 11) is 0. The third-order valence-corrected chi connectivity index (χ3v) is 4.03. The van der Waals surface area contributed by atoms with E-state index in [1.807, 2.05) is 31.2 Å². The molecular weight excluding hydrogens is 439 g/mol. The molecule has 0 saturated heterocycles. The molecule has 0 fully saturated rings. The van der Waals surface area contributed by atoms with Gasteiger partial charge in [-0.05, 0) is 37.8 Å². The Morgan fingerprint density at radius 3 is 2.69 bits per heavy atom. The van der Waals surface area contributed by atoms with Crippen molar-refractivity contribution in [2.24, 2.45) is 16.6 Å². The lowest BCUT2D eigenvalue weighted by Gasteiger charge is -2.15. The van der Waals surface area contributed by atoms with Gasteiger partial charge in [-0.15, -0.1) is 24.0 Å². The third-order valence-electron chi connectivity index (χ3n) is 4.03. The van der Waals surface area contributed by atoms with E-state index in [0.717, 1.165) is 29.3 Å². The molecule has 0 spiro atoms. The first kappa shape index (κ1) is 22.4. The zero-order chi connectivity index (χ0) is 18.2. The zero-order valence-corrected chi connectivity index (χ0v) is 18.5. The van der Waals surface area contributed by atoms with Gasteiger partial charge in [-0.1, -0.05) is 44.9 Å². The average Bonchev–Trinajstić information content (AvgIpc) is 2.99. The van der Waals surface area contributed by atoms with E-state index in [1.165, 1.54) is 12.8 Å². The summed E-state index contributed by atoms with van der Waals surface area (Å²) in [4.78, 5) is 8.81. The van der Waals surface area contributed by atoms with Gasteiger partial charge in [0.2, 0.25) is 0 Å². The molecule has 0 bridgehead atoms. The summed E-state index contributed by atoms with van der Waals surface area (Å²) in [5.74, 6) is 2.75. The molecule has 1 atom stereocenters. The predicted octanol–water partition coefficient (Wildman–Crippen LogP) is 4.02. The first-order chi connectivity index (χ1) is 11.9. The number of guanidine groups is 1.